The van der Waals surface area contributed by atoms with E-state index in [2.05, 4.69) is 18.5 Å². The lowest BCUT2D eigenvalue weighted by Gasteiger charge is -2.19. The third kappa shape index (κ3) is 6.17. The molecule has 152 valence electrons. The Morgan fingerprint density at radius 2 is 1.62 bits per heavy atom. The van der Waals surface area contributed by atoms with Crippen molar-refractivity contribution in [3.05, 3.63) is 85.5 Å². The van der Waals surface area contributed by atoms with E-state index in [4.69, 9.17) is 4.74 Å². The molecule has 0 heterocycles. The molecule has 2 aromatic carbocycles. The predicted molar refractivity (Wildman–Crippen MR) is 116 cm³/mol. The van der Waals surface area contributed by atoms with Gasteiger partial charge in [0.25, 0.3) is 0 Å². The van der Waals surface area contributed by atoms with Crippen molar-refractivity contribution in [3.63, 3.8) is 0 Å². The number of amides is 1. The lowest BCUT2D eigenvalue weighted by molar-refractivity contribution is -0.111. The van der Waals surface area contributed by atoms with Crippen molar-refractivity contribution in [2.24, 2.45) is 0 Å². The molecule has 0 atom stereocenters. The van der Waals surface area contributed by atoms with E-state index in [1.165, 1.54) is 34.7 Å². The number of carbonyl (C=O) groups excluding carboxylic acids is 1. The Bertz CT molecular complexity index is 968. The molecule has 0 bridgehead atoms. The van der Waals surface area contributed by atoms with Gasteiger partial charge in [0.1, 0.15) is 5.75 Å². The Morgan fingerprint density at radius 3 is 2.14 bits per heavy atom. The quantitative estimate of drug-likeness (QED) is 0.477. The Balaban J connectivity index is 2.05. The first-order valence-corrected chi connectivity index (χ1v) is 10.3. The number of carbonyl (C=O) groups is 1. The fraction of sp³-hybridized carbons (Fsp3) is 0.136. The van der Waals surface area contributed by atoms with Crippen molar-refractivity contribution in [1.29, 1.82) is 0 Å². The van der Waals surface area contributed by atoms with Gasteiger partial charge in [-0.1, -0.05) is 24.3 Å². The predicted octanol–water partition coefficient (Wildman–Crippen LogP) is 3.71. The third-order valence-electron chi connectivity index (χ3n) is 3.97. The number of hydrogen-bond donors (Lipinski definition) is 1. The van der Waals surface area contributed by atoms with Gasteiger partial charge in [-0.25, -0.2) is 8.42 Å². The van der Waals surface area contributed by atoms with Crippen molar-refractivity contribution in [3.8, 4) is 5.75 Å². The Hall–Kier alpha value is -3.16. The molecule has 0 aliphatic rings. The molecule has 1 amide bonds. The van der Waals surface area contributed by atoms with Crippen LogP contribution in [0.4, 0.5) is 5.69 Å². The number of sulfonamides is 1. The second kappa shape index (κ2) is 10.4. The van der Waals surface area contributed by atoms with Gasteiger partial charge < -0.3 is 10.1 Å². The summed E-state index contributed by atoms with van der Waals surface area (Å²) in [6, 6.07) is 13.3. The van der Waals surface area contributed by atoms with Crippen LogP contribution in [-0.4, -0.2) is 38.8 Å². The second-order valence-electron chi connectivity index (χ2n) is 6.02. The average Bonchev–Trinajstić information content (AvgIpc) is 2.73. The van der Waals surface area contributed by atoms with Crippen LogP contribution in [-0.2, 0) is 14.8 Å². The van der Waals surface area contributed by atoms with Gasteiger partial charge in [0.05, 0.1) is 12.0 Å². The van der Waals surface area contributed by atoms with Crippen LogP contribution in [0.1, 0.15) is 5.56 Å². The summed E-state index contributed by atoms with van der Waals surface area (Å²) >= 11 is 0. The first-order chi connectivity index (χ1) is 13.9. The van der Waals surface area contributed by atoms with Crippen LogP contribution in [0.3, 0.4) is 0 Å². The molecule has 7 heteroatoms. The highest BCUT2D eigenvalue weighted by atomic mass is 32.2. The minimum Gasteiger partial charge on any atom is -0.497 e. The monoisotopic (exact) mass is 412 g/mol. The summed E-state index contributed by atoms with van der Waals surface area (Å²) in [4.78, 5) is 12.2. The van der Waals surface area contributed by atoms with Crippen molar-refractivity contribution in [2.45, 2.75) is 4.90 Å². The first kappa shape index (κ1) is 22.1. The molecule has 0 spiro atoms. The number of methoxy groups -OCH3 is 1. The molecule has 0 fully saturated rings. The largest absolute Gasteiger partial charge is 0.497 e. The van der Waals surface area contributed by atoms with Crippen LogP contribution in [0.5, 0.6) is 5.75 Å². The summed E-state index contributed by atoms with van der Waals surface area (Å²) in [5.74, 6) is 0.415. The van der Waals surface area contributed by atoms with Gasteiger partial charge in [0.2, 0.25) is 15.9 Å². The highest BCUT2D eigenvalue weighted by Crippen LogP contribution is 2.19. The highest BCUT2D eigenvalue weighted by molar-refractivity contribution is 7.89. The van der Waals surface area contributed by atoms with Gasteiger partial charge in [-0.2, -0.15) is 4.31 Å². The van der Waals surface area contributed by atoms with E-state index in [-0.39, 0.29) is 23.9 Å². The summed E-state index contributed by atoms with van der Waals surface area (Å²) in [7, 11) is -2.08. The lowest BCUT2D eigenvalue weighted by Crippen LogP contribution is -2.31. The van der Waals surface area contributed by atoms with E-state index in [0.29, 0.717) is 5.69 Å². The standard InChI is InChI=1S/C22H24N2O4S/c1-4-16-24(17-5-2)29(26,27)21-13-9-19(10-14-21)23-22(25)15-8-18-6-11-20(28-3)12-7-18/h4-15H,1-2,16-17H2,3H3,(H,23,25). The van der Waals surface area contributed by atoms with E-state index in [1.54, 1.807) is 37.5 Å². The zero-order valence-electron chi connectivity index (χ0n) is 16.2. The number of nitrogens with one attached hydrogen (secondary N) is 1. The first-order valence-electron chi connectivity index (χ1n) is 8.86. The van der Waals surface area contributed by atoms with Gasteiger partial charge in [0, 0.05) is 24.9 Å². The van der Waals surface area contributed by atoms with Crippen molar-refractivity contribution in [2.75, 3.05) is 25.5 Å². The van der Waals surface area contributed by atoms with E-state index >= 15 is 0 Å². The van der Waals surface area contributed by atoms with Gasteiger partial charge in [0.15, 0.2) is 0 Å². The summed E-state index contributed by atoms with van der Waals surface area (Å²) in [5.41, 5.74) is 1.35. The number of ether oxygens (including phenoxy) is 1. The molecule has 29 heavy (non-hydrogen) atoms. The Morgan fingerprint density at radius 1 is 1.03 bits per heavy atom. The second-order valence-corrected chi connectivity index (χ2v) is 7.96. The maximum absolute atomic E-state index is 12.7. The summed E-state index contributed by atoms with van der Waals surface area (Å²) in [5, 5.41) is 2.70. The molecular weight excluding hydrogens is 388 g/mol. The minimum absolute atomic E-state index is 0.132. The summed E-state index contributed by atoms with van der Waals surface area (Å²) in [6.45, 7) is 7.54. The lowest BCUT2D eigenvalue weighted by atomic mass is 10.2. The third-order valence-corrected chi connectivity index (χ3v) is 5.81. The SMILES string of the molecule is C=CCN(CC=C)S(=O)(=O)c1ccc(NC(=O)C=Cc2ccc(OC)cc2)cc1. The van der Waals surface area contributed by atoms with Crippen molar-refractivity contribution < 1.29 is 17.9 Å². The van der Waals surface area contributed by atoms with Crippen molar-refractivity contribution >= 4 is 27.7 Å². The van der Waals surface area contributed by atoms with Crippen LogP contribution in [0.25, 0.3) is 6.08 Å². The highest BCUT2D eigenvalue weighted by Gasteiger charge is 2.22. The Kier molecular flexibility index (Phi) is 7.94. The number of rotatable bonds is 10. The molecular formula is C22H24N2O4S. The normalized spacial score (nSPS) is 11.4. The van der Waals surface area contributed by atoms with Crippen LogP contribution in [0.2, 0.25) is 0 Å². The van der Waals surface area contributed by atoms with Crippen molar-refractivity contribution in [1.82, 2.24) is 4.31 Å². The molecule has 0 aliphatic carbocycles. The average molecular weight is 413 g/mol. The summed E-state index contributed by atoms with van der Waals surface area (Å²) < 4.78 is 31.7. The van der Waals surface area contributed by atoms with Crippen LogP contribution >= 0.6 is 0 Å². The fourth-order valence-corrected chi connectivity index (χ4v) is 3.87. The fourth-order valence-electron chi connectivity index (χ4n) is 2.49. The maximum atomic E-state index is 12.7. The molecule has 2 rings (SSSR count). The Labute approximate surface area is 171 Å². The van der Waals surface area contributed by atoms with E-state index in [0.717, 1.165) is 11.3 Å². The maximum Gasteiger partial charge on any atom is 0.248 e. The molecule has 0 saturated carbocycles. The minimum atomic E-state index is -3.67. The zero-order valence-corrected chi connectivity index (χ0v) is 17.1. The smallest absolute Gasteiger partial charge is 0.248 e. The van der Waals surface area contributed by atoms with Crippen LogP contribution in [0.15, 0.2) is 84.8 Å². The molecule has 1 N–H and O–H groups in total. The molecule has 0 aromatic heterocycles. The van der Waals surface area contributed by atoms with Crippen LogP contribution in [0, 0.1) is 0 Å². The topological polar surface area (TPSA) is 75.7 Å². The van der Waals surface area contributed by atoms with Gasteiger partial charge >= 0.3 is 0 Å². The van der Waals surface area contributed by atoms with Gasteiger partial charge in [-0.3, -0.25) is 4.79 Å². The number of hydrogen-bond acceptors (Lipinski definition) is 4. The molecule has 0 radical (unpaired) electrons. The number of nitrogens with zero attached hydrogens (tertiary/aromatic N) is 1. The molecule has 2 aromatic rings. The van der Waals surface area contributed by atoms with Crippen LogP contribution < -0.4 is 10.1 Å². The zero-order chi connectivity index (χ0) is 21.3. The molecule has 0 unspecified atom stereocenters. The number of anilines is 1. The molecule has 0 saturated heterocycles. The van der Waals surface area contributed by atoms with E-state index in [9.17, 15) is 13.2 Å². The van der Waals surface area contributed by atoms with Gasteiger partial charge in [-0.05, 0) is 48.0 Å². The van der Waals surface area contributed by atoms with Gasteiger partial charge in [-0.15, -0.1) is 13.2 Å². The number of benzene rings is 2. The van der Waals surface area contributed by atoms with E-state index < -0.39 is 10.0 Å². The van der Waals surface area contributed by atoms with E-state index in [1.807, 2.05) is 12.1 Å². The molecule has 0 aliphatic heterocycles. The molecule has 6 nitrogen and oxygen atoms in total. The summed E-state index contributed by atoms with van der Waals surface area (Å²) in [6.07, 6.45) is 6.12.